The van der Waals surface area contributed by atoms with E-state index in [4.69, 9.17) is 9.47 Å². The van der Waals surface area contributed by atoms with Crippen LogP contribution in [0.3, 0.4) is 0 Å². The van der Waals surface area contributed by atoms with Gasteiger partial charge in [0.05, 0.1) is 22.2 Å². The monoisotopic (exact) mass is 625 g/mol. The van der Waals surface area contributed by atoms with Gasteiger partial charge in [-0.2, -0.15) is 0 Å². The van der Waals surface area contributed by atoms with Gasteiger partial charge in [-0.3, -0.25) is 24.6 Å². The molecule has 12 heteroatoms. The Labute approximate surface area is 261 Å². The van der Waals surface area contributed by atoms with Crippen LogP contribution in [-0.2, 0) is 20.9 Å². The minimum absolute atomic E-state index is 0.0171. The number of amides is 1. The standard InChI is InChI=1S/C33H27N3O8S/c1-4-15-43-32(40)30-20(3)34-33(45-30)35-27(22-11-8-12-24(17-22)36(41)42)26(29(38)31(35)39)28(37)23-13-14-25(19(2)16-23)44-18-21-9-6-5-7-10-21/h4-14,16-17,27,37H,1,15,18H2,2-3H3/t27-/m1/s1. The molecular formula is C33H27N3O8S. The number of hydrogen-bond acceptors (Lipinski definition) is 10. The molecule has 0 saturated carbocycles. The third-order valence-electron chi connectivity index (χ3n) is 7.04. The molecule has 11 nitrogen and oxygen atoms in total. The molecular weight excluding hydrogens is 598 g/mol. The van der Waals surface area contributed by atoms with E-state index in [2.05, 4.69) is 11.6 Å². The number of nitro groups is 1. The molecule has 1 fully saturated rings. The summed E-state index contributed by atoms with van der Waals surface area (Å²) in [5.41, 5.74) is 1.74. The van der Waals surface area contributed by atoms with Gasteiger partial charge in [-0.05, 0) is 48.7 Å². The minimum Gasteiger partial charge on any atom is -0.507 e. The lowest BCUT2D eigenvalue weighted by atomic mass is 9.94. The van der Waals surface area contributed by atoms with Crippen LogP contribution < -0.4 is 9.64 Å². The third kappa shape index (κ3) is 6.22. The minimum atomic E-state index is -1.29. The van der Waals surface area contributed by atoms with Crippen molar-refractivity contribution in [3.05, 3.63) is 134 Å². The van der Waals surface area contributed by atoms with Crippen molar-refractivity contribution >= 4 is 45.6 Å². The van der Waals surface area contributed by atoms with Crippen LogP contribution in [0.25, 0.3) is 5.76 Å². The SMILES string of the molecule is C=CCOC(=O)c1sc(N2C(=O)C(=O)C(=C(O)c3ccc(OCc4ccccc4)c(C)c3)[C@H]2c2cccc([N+](=O)[O-])c2)nc1C. The van der Waals surface area contributed by atoms with Gasteiger partial charge in [0.25, 0.3) is 11.5 Å². The molecule has 4 aromatic rings. The summed E-state index contributed by atoms with van der Waals surface area (Å²) in [6.07, 6.45) is 1.40. The summed E-state index contributed by atoms with van der Waals surface area (Å²) in [6, 6.07) is 18.5. The molecule has 0 spiro atoms. The predicted molar refractivity (Wildman–Crippen MR) is 167 cm³/mol. The van der Waals surface area contributed by atoms with Gasteiger partial charge >= 0.3 is 11.9 Å². The predicted octanol–water partition coefficient (Wildman–Crippen LogP) is 6.22. The highest BCUT2D eigenvalue weighted by Gasteiger charge is 2.48. The molecule has 1 N–H and O–H groups in total. The first-order valence-electron chi connectivity index (χ1n) is 13.7. The van der Waals surface area contributed by atoms with Crippen LogP contribution in [0.2, 0.25) is 0 Å². The number of anilines is 1. The summed E-state index contributed by atoms with van der Waals surface area (Å²) in [6.45, 7) is 7.12. The van der Waals surface area contributed by atoms with Crippen LogP contribution in [0.4, 0.5) is 10.8 Å². The highest BCUT2D eigenvalue weighted by atomic mass is 32.1. The maximum atomic E-state index is 13.6. The lowest BCUT2D eigenvalue weighted by molar-refractivity contribution is -0.384. The Bertz CT molecular complexity index is 1860. The fourth-order valence-corrected chi connectivity index (χ4v) is 5.87. The average Bonchev–Trinajstić information content (AvgIpc) is 3.55. The molecule has 1 atom stereocenters. The largest absolute Gasteiger partial charge is 0.507 e. The van der Waals surface area contributed by atoms with E-state index in [1.807, 2.05) is 30.3 Å². The summed E-state index contributed by atoms with van der Waals surface area (Å²) in [5, 5.41) is 23.2. The Kier molecular flexibility index (Phi) is 8.86. The number of nitro benzene ring substituents is 1. The summed E-state index contributed by atoms with van der Waals surface area (Å²) < 4.78 is 11.1. The lowest BCUT2D eigenvalue weighted by Crippen LogP contribution is -2.29. The summed E-state index contributed by atoms with van der Waals surface area (Å²) >= 11 is 0.826. The number of Topliss-reactive ketones (excluding diaryl/α,β-unsaturated/α-hetero) is 1. The zero-order valence-electron chi connectivity index (χ0n) is 24.3. The Morgan fingerprint density at radius 1 is 1.11 bits per heavy atom. The number of aliphatic hydroxyl groups excluding tert-OH is 1. The van der Waals surface area contributed by atoms with E-state index in [1.165, 1.54) is 30.3 Å². The topological polar surface area (TPSA) is 149 Å². The Morgan fingerprint density at radius 3 is 2.56 bits per heavy atom. The quantitative estimate of drug-likeness (QED) is 0.0412. The first-order valence-corrected chi connectivity index (χ1v) is 14.5. The van der Waals surface area contributed by atoms with E-state index in [0.717, 1.165) is 21.8 Å². The first-order chi connectivity index (χ1) is 21.6. The van der Waals surface area contributed by atoms with Crippen LogP contribution in [0, 0.1) is 24.0 Å². The number of non-ortho nitro benzene ring substituents is 1. The molecule has 3 aromatic carbocycles. The molecule has 1 aromatic heterocycles. The second-order valence-corrected chi connectivity index (χ2v) is 11.1. The van der Waals surface area contributed by atoms with Crippen molar-refractivity contribution in [2.75, 3.05) is 11.5 Å². The number of carbonyl (C=O) groups excluding carboxylic acids is 3. The second kappa shape index (κ2) is 12.9. The third-order valence-corrected chi connectivity index (χ3v) is 8.17. The Morgan fingerprint density at radius 2 is 1.87 bits per heavy atom. The van der Waals surface area contributed by atoms with Crippen molar-refractivity contribution in [1.82, 2.24) is 4.98 Å². The van der Waals surface area contributed by atoms with Gasteiger partial charge in [-0.25, -0.2) is 9.78 Å². The van der Waals surface area contributed by atoms with Crippen molar-refractivity contribution in [3.8, 4) is 5.75 Å². The number of aryl methyl sites for hydroxylation is 2. The summed E-state index contributed by atoms with van der Waals surface area (Å²) in [7, 11) is 0. The zero-order chi connectivity index (χ0) is 32.2. The maximum Gasteiger partial charge on any atom is 0.350 e. The van der Waals surface area contributed by atoms with Gasteiger partial charge < -0.3 is 14.6 Å². The molecule has 228 valence electrons. The van der Waals surface area contributed by atoms with Gasteiger partial charge in [-0.1, -0.05) is 66.5 Å². The number of benzene rings is 3. The van der Waals surface area contributed by atoms with Crippen LogP contribution in [0.5, 0.6) is 5.75 Å². The molecule has 1 amide bonds. The van der Waals surface area contributed by atoms with Gasteiger partial charge in [0.1, 0.15) is 29.6 Å². The van der Waals surface area contributed by atoms with Gasteiger partial charge in [0, 0.05) is 17.7 Å². The van der Waals surface area contributed by atoms with Crippen molar-refractivity contribution < 1.29 is 33.9 Å². The number of rotatable bonds is 10. The lowest BCUT2D eigenvalue weighted by Gasteiger charge is -2.23. The maximum absolute atomic E-state index is 13.6. The number of ether oxygens (including phenoxy) is 2. The highest BCUT2D eigenvalue weighted by Crippen LogP contribution is 2.44. The van der Waals surface area contributed by atoms with Gasteiger partial charge in [0.15, 0.2) is 5.13 Å². The molecule has 2 heterocycles. The molecule has 0 bridgehead atoms. The van der Waals surface area contributed by atoms with E-state index in [-0.39, 0.29) is 44.7 Å². The number of ketones is 1. The average molecular weight is 626 g/mol. The molecule has 1 aliphatic heterocycles. The normalized spacial score (nSPS) is 15.6. The molecule has 1 saturated heterocycles. The molecule has 45 heavy (non-hydrogen) atoms. The molecule has 5 rings (SSSR count). The summed E-state index contributed by atoms with van der Waals surface area (Å²) in [4.78, 5) is 56.3. The van der Waals surface area contributed by atoms with Gasteiger partial charge in [-0.15, -0.1) is 0 Å². The number of esters is 1. The summed E-state index contributed by atoms with van der Waals surface area (Å²) in [5.74, 6) is -2.66. The Balaban J connectivity index is 1.59. The van der Waals surface area contributed by atoms with Crippen molar-refractivity contribution in [1.29, 1.82) is 0 Å². The fraction of sp³-hybridized carbons (Fsp3) is 0.152. The van der Waals surface area contributed by atoms with Crippen LogP contribution >= 0.6 is 11.3 Å². The van der Waals surface area contributed by atoms with Gasteiger partial charge in [0.2, 0.25) is 0 Å². The van der Waals surface area contributed by atoms with E-state index in [1.54, 1.807) is 32.0 Å². The number of hydrogen-bond donors (Lipinski definition) is 1. The van der Waals surface area contributed by atoms with E-state index in [9.17, 15) is 29.6 Å². The number of carbonyl (C=O) groups is 3. The van der Waals surface area contributed by atoms with Crippen molar-refractivity contribution in [2.45, 2.75) is 26.5 Å². The molecule has 0 aliphatic carbocycles. The number of aliphatic hydroxyl groups is 1. The fourth-order valence-electron chi connectivity index (χ4n) is 4.88. The molecule has 0 unspecified atom stereocenters. The zero-order valence-corrected chi connectivity index (χ0v) is 25.1. The first kappa shape index (κ1) is 30.8. The van der Waals surface area contributed by atoms with E-state index >= 15 is 0 Å². The second-order valence-electron chi connectivity index (χ2n) is 10.1. The smallest absolute Gasteiger partial charge is 0.350 e. The van der Waals surface area contributed by atoms with E-state index in [0.29, 0.717) is 17.9 Å². The Hall–Kier alpha value is -5.62. The molecule has 0 radical (unpaired) electrons. The van der Waals surface area contributed by atoms with Crippen LogP contribution in [0.1, 0.15) is 43.7 Å². The van der Waals surface area contributed by atoms with E-state index < -0.39 is 34.4 Å². The number of nitrogens with zero attached hydrogens (tertiary/aromatic N) is 3. The van der Waals surface area contributed by atoms with Crippen molar-refractivity contribution in [3.63, 3.8) is 0 Å². The van der Waals surface area contributed by atoms with Crippen LogP contribution in [0.15, 0.2) is 91.0 Å². The highest BCUT2D eigenvalue weighted by molar-refractivity contribution is 7.17. The van der Waals surface area contributed by atoms with Crippen molar-refractivity contribution in [2.24, 2.45) is 0 Å². The molecule has 1 aliphatic rings. The number of thiazole rings is 1. The number of aromatic nitrogens is 1. The van der Waals surface area contributed by atoms with Crippen LogP contribution in [-0.4, -0.2) is 39.3 Å².